The van der Waals surface area contributed by atoms with E-state index in [0.717, 1.165) is 17.7 Å². The van der Waals surface area contributed by atoms with Crippen molar-refractivity contribution in [1.82, 2.24) is 9.55 Å². The quantitative estimate of drug-likeness (QED) is 0.322. The fourth-order valence-corrected chi connectivity index (χ4v) is 3.46. The number of halogens is 3. The van der Waals surface area contributed by atoms with E-state index in [-0.39, 0.29) is 13.2 Å². The van der Waals surface area contributed by atoms with Crippen LogP contribution in [0.5, 0.6) is 0 Å². The van der Waals surface area contributed by atoms with Crippen LogP contribution in [0.4, 0.5) is 23.7 Å². The summed E-state index contributed by atoms with van der Waals surface area (Å²) in [4.78, 5) is 18.7. The second-order valence-corrected chi connectivity index (χ2v) is 7.63. The first kappa shape index (κ1) is 23.1. The third-order valence-electron chi connectivity index (χ3n) is 5.23. The van der Waals surface area contributed by atoms with Crippen LogP contribution >= 0.6 is 0 Å². The molecular formula is C26H22F3N3O2. The number of hydrogen-bond donors (Lipinski definition) is 0. The van der Waals surface area contributed by atoms with Crippen molar-refractivity contribution >= 4 is 11.8 Å². The molecule has 8 heteroatoms. The van der Waals surface area contributed by atoms with Crippen molar-refractivity contribution in [2.24, 2.45) is 0 Å². The first-order valence-electron chi connectivity index (χ1n) is 10.6. The average molecular weight is 465 g/mol. The van der Waals surface area contributed by atoms with Crippen molar-refractivity contribution in [1.29, 1.82) is 0 Å². The molecule has 1 amide bonds. The molecule has 0 saturated heterocycles. The van der Waals surface area contributed by atoms with Crippen LogP contribution < -0.4 is 4.90 Å². The van der Waals surface area contributed by atoms with Crippen LogP contribution in [0.2, 0.25) is 0 Å². The normalized spacial score (nSPS) is 11.3. The number of carbonyl (C=O) groups excluding carboxylic acids is 1. The SMILES string of the molecule is O=C(OCc1nccn1Cc1ccccc1)N(Cc1ccc(C(F)(F)F)cc1)c1ccccc1. The molecule has 0 radical (unpaired) electrons. The van der Waals surface area contributed by atoms with Gasteiger partial charge in [0.2, 0.25) is 0 Å². The molecule has 1 heterocycles. The van der Waals surface area contributed by atoms with Crippen molar-refractivity contribution in [2.45, 2.75) is 25.9 Å². The highest BCUT2D eigenvalue weighted by Gasteiger charge is 2.30. The lowest BCUT2D eigenvalue weighted by Crippen LogP contribution is -2.31. The smallest absolute Gasteiger partial charge is 0.416 e. The molecular weight excluding hydrogens is 443 g/mol. The molecule has 0 aliphatic carbocycles. The van der Waals surface area contributed by atoms with Crippen LogP contribution in [-0.2, 0) is 30.6 Å². The first-order chi connectivity index (χ1) is 16.4. The third kappa shape index (κ3) is 5.83. The van der Waals surface area contributed by atoms with Gasteiger partial charge in [0.1, 0.15) is 5.82 Å². The van der Waals surface area contributed by atoms with E-state index >= 15 is 0 Å². The largest absolute Gasteiger partial charge is 0.441 e. The summed E-state index contributed by atoms with van der Waals surface area (Å²) >= 11 is 0. The zero-order chi connectivity index (χ0) is 24.0. The summed E-state index contributed by atoms with van der Waals surface area (Å²) in [6, 6.07) is 23.4. The number of benzene rings is 3. The molecule has 4 rings (SSSR count). The standard InChI is InChI=1S/C26H22F3N3O2/c27-26(28,29)22-13-11-21(12-14-22)18-32(23-9-5-2-6-10-23)25(33)34-19-24-30-15-16-31(24)17-20-7-3-1-4-8-20/h1-16H,17-19H2. The van der Waals surface area contributed by atoms with E-state index in [9.17, 15) is 18.0 Å². The lowest BCUT2D eigenvalue weighted by atomic mass is 10.1. The minimum atomic E-state index is -4.42. The van der Waals surface area contributed by atoms with E-state index in [1.165, 1.54) is 17.0 Å². The first-order valence-corrected chi connectivity index (χ1v) is 10.6. The Hall–Kier alpha value is -4.07. The Morgan fingerprint density at radius 2 is 1.53 bits per heavy atom. The monoisotopic (exact) mass is 465 g/mol. The van der Waals surface area contributed by atoms with Gasteiger partial charge in [-0.1, -0.05) is 60.7 Å². The highest BCUT2D eigenvalue weighted by molar-refractivity contribution is 5.87. The summed E-state index contributed by atoms with van der Waals surface area (Å²) in [6.45, 7) is 0.593. The van der Waals surface area contributed by atoms with Crippen LogP contribution in [0, 0.1) is 0 Å². The maximum absolute atomic E-state index is 13.0. The Labute approximate surface area is 195 Å². The van der Waals surface area contributed by atoms with E-state index in [1.54, 1.807) is 30.5 Å². The van der Waals surface area contributed by atoms with Crippen LogP contribution in [-0.4, -0.2) is 15.6 Å². The number of alkyl halides is 3. The maximum Gasteiger partial charge on any atom is 0.416 e. The van der Waals surface area contributed by atoms with Crippen LogP contribution in [0.15, 0.2) is 97.3 Å². The van der Waals surface area contributed by atoms with Crippen molar-refractivity contribution in [3.05, 3.63) is 120 Å². The molecule has 0 aliphatic rings. The minimum Gasteiger partial charge on any atom is -0.441 e. The zero-order valence-electron chi connectivity index (χ0n) is 18.2. The predicted octanol–water partition coefficient (Wildman–Crippen LogP) is 6.29. The zero-order valence-corrected chi connectivity index (χ0v) is 18.2. The summed E-state index contributed by atoms with van der Waals surface area (Å²) in [5.74, 6) is 0.583. The molecule has 0 fully saturated rings. The van der Waals surface area contributed by atoms with Crippen molar-refractivity contribution < 1.29 is 22.7 Å². The van der Waals surface area contributed by atoms with Crippen molar-refractivity contribution in [3.63, 3.8) is 0 Å². The van der Waals surface area contributed by atoms with Gasteiger partial charge in [0, 0.05) is 24.6 Å². The number of para-hydroxylation sites is 1. The Bertz CT molecular complexity index is 1210. The van der Waals surface area contributed by atoms with Gasteiger partial charge in [-0.15, -0.1) is 0 Å². The molecule has 0 N–H and O–H groups in total. The molecule has 0 atom stereocenters. The predicted molar refractivity (Wildman–Crippen MR) is 122 cm³/mol. The van der Waals surface area contributed by atoms with Crippen molar-refractivity contribution in [2.75, 3.05) is 4.90 Å². The van der Waals surface area contributed by atoms with Gasteiger partial charge < -0.3 is 9.30 Å². The minimum absolute atomic E-state index is 0.0466. The lowest BCUT2D eigenvalue weighted by Gasteiger charge is -2.22. The van der Waals surface area contributed by atoms with E-state index in [2.05, 4.69) is 4.98 Å². The molecule has 174 valence electrons. The van der Waals surface area contributed by atoms with E-state index in [0.29, 0.717) is 23.6 Å². The number of aromatic nitrogens is 2. The number of amides is 1. The number of ether oxygens (including phenoxy) is 1. The Kier molecular flexibility index (Phi) is 6.96. The summed E-state index contributed by atoms with van der Waals surface area (Å²) in [5, 5.41) is 0. The second kappa shape index (κ2) is 10.2. The number of imidazole rings is 1. The van der Waals surface area contributed by atoms with Crippen molar-refractivity contribution in [3.8, 4) is 0 Å². The number of nitrogens with zero attached hydrogens (tertiary/aromatic N) is 3. The van der Waals surface area contributed by atoms with E-state index in [1.807, 2.05) is 47.2 Å². The topological polar surface area (TPSA) is 47.4 Å². The number of carbonyl (C=O) groups is 1. The molecule has 0 saturated carbocycles. The molecule has 34 heavy (non-hydrogen) atoms. The van der Waals surface area contributed by atoms with E-state index in [4.69, 9.17) is 4.74 Å². The molecule has 0 spiro atoms. The number of hydrogen-bond acceptors (Lipinski definition) is 3. The van der Waals surface area contributed by atoms with Crippen LogP contribution in [0.1, 0.15) is 22.5 Å². The van der Waals surface area contributed by atoms with Gasteiger partial charge in [-0.3, -0.25) is 4.90 Å². The van der Waals surface area contributed by atoms with Gasteiger partial charge in [0.05, 0.1) is 12.1 Å². The molecule has 0 unspecified atom stereocenters. The Balaban J connectivity index is 1.47. The number of rotatable bonds is 7. The summed E-state index contributed by atoms with van der Waals surface area (Å²) < 4.78 is 46.1. The summed E-state index contributed by atoms with van der Waals surface area (Å²) in [6.07, 6.45) is -1.59. The molecule has 0 bridgehead atoms. The number of anilines is 1. The Morgan fingerprint density at radius 3 is 2.18 bits per heavy atom. The fourth-order valence-electron chi connectivity index (χ4n) is 3.46. The van der Waals surface area contributed by atoms with Gasteiger partial charge in [-0.2, -0.15) is 13.2 Å². The van der Waals surface area contributed by atoms with E-state index < -0.39 is 17.8 Å². The molecule has 4 aromatic rings. The van der Waals surface area contributed by atoms with Gasteiger partial charge in [-0.05, 0) is 35.4 Å². The average Bonchev–Trinajstić information content (AvgIpc) is 3.28. The second-order valence-electron chi connectivity index (χ2n) is 7.63. The highest BCUT2D eigenvalue weighted by atomic mass is 19.4. The third-order valence-corrected chi connectivity index (χ3v) is 5.23. The summed E-state index contributed by atoms with van der Waals surface area (Å²) in [7, 11) is 0. The van der Waals surface area contributed by atoms with Crippen LogP contribution in [0.25, 0.3) is 0 Å². The molecule has 5 nitrogen and oxygen atoms in total. The van der Waals surface area contributed by atoms with Crippen LogP contribution in [0.3, 0.4) is 0 Å². The molecule has 1 aromatic heterocycles. The molecule has 3 aromatic carbocycles. The maximum atomic E-state index is 13.0. The van der Waals surface area contributed by atoms with Gasteiger partial charge in [-0.25, -0.2) is 9.78 Å². The summed E-state index contributed by atoms with van der Waals surface area (Å²) in [5.41, 5.74) is 1.45. The fraction of sp³-hybridized carbons (Fsp3) is 0.154. The van der Waals surface area contributed by atoms with Gasteiger partial charge in [0.15, 0.2) is 6.61 Å². The van der Waals surface area contributed by atoms with Gasteiger partial charge in [0.25, 0.3) is 0 Å². The van der Waals surface area contributed by atoms with Gasteiger partial charge >= 0.3 is 12.3 Å². The highest BCUT2D eigenvalue weighted by Crippen LogP contribution is 2.29. The Morgan fingerprint density at radius 1 is 0.882 bits per heavy atom. The molecule has 0 aliphatic heterocycles. The lowest BCUT2D eigenvalue weighted by molar-refractivity contribution is -0.137.